The quantitative estimate of drug-likeness (QED) is 0.444. The normalized spacial score (nSPS) is 13.9. The van der Waals surface area contributed by atoms with Crippen molar-refractivity contribution in [1.82, 2.24) is 0 Å². The minimum absolute atomic E-state index is 0.124. The van der Waals surface area contributed by atoms with Crippen molar-refractivity contribution in [2.45, 2.75) is 6.61 Å². The molecule has 1 aliphatic heterocycles. The van der Waals surface area contributed by atoms with Gasteiger partial charge in [0.05, 0.1) is 5.56 Å². The van der Waals surface area contributed by atoms with Crippen molar-refractivity contribution in [2.75, 3.05) is 0 Å². The molecule has 0 radical (unpaired) electrons. The average Bonchev–Trinajstić information content (AvgIpc) is 3.01. The molecule has 0 amide bonds. The maximum atomic E-state index is 12.6. The van der Waals surface area contributed by atoms with Crippen LogP contribution in [0.1, 0.15) is 27.0 Å². The summed E-state index contributed by atoms with van der Waals surface area (Å²) in [6.07, 6.45) is 3.55. The lowest BCUT2D eigenvalue weighted by molar-refractivity contribution is 0.101. The first-order valence-electron chi connectivity index (χ1n) is 8.80. The first-order valence-corrected chi connectivity index (χ1v) is 9.60. The second kappa shape index (κ2) is 7.87. The average molecular weight is 433 g/mol. The zero-order valence-electron chi connectivity index (χ0n) is 15.0. The molecule has 1 heterocycles. The van der Waals surface area contributed by atoms with Crippen LogP contribution in [0.4, 0.5) is 0 Å². The van der Waals surface area contributed by atoms with Crippen molar-refractivity contribution in [1.29, 1.82) is 0 Å². The van der Waals surface area contributed by atoms with Crippen molar-refractivity contribution < 1.29 is 14.3 Å². The number of ketones is 1. The lowest BCUT2D eigenvalue weighted by atomic mass is 10.1. The fraction of sp³-hybridized carbons (Fsp3) is 0.0417. The molecule has 0 unspecified atom stereocenters. The van der Waals surface area contributed by atoms with Crippen LogP contribution in [-0.2, 0) is 6.61 Å². The van der Waals surface area contributed by atoms with Gasteiger partial charge in [0.2, 0.25) is 5.78 Å². The number of hydrogen-bond donors (Lipinski definition) is 0. The molecule has 28 heavy (non-hydrogen) atoms. The maximum Gasteiger partial charge on any atom is 0.231 e. The Morgan fingerprint density at radius 1 is 1.00 bits per heavy atom. The van der Waals surface area contributed by atoms with E-state index in [1.807, 2.05) is 48.5 Å². The molecule has 1 aliphatic rings. The van der Waals surface area contributed by atoms with Gasteiger partial charge in [-0.15, -0.1) is 0 Å². The minimum Gasteiger partial charge on any atom is -0.489 e. The molecule has 0 fully saturated rings. The molecule has 138 valence electrons. The summed E-state index contributed by atoms with van der Waals surface area (Å²) in [5.41, 5.74) is 3.56. The van der Waals surface area contributed by atoms with E-state index in [-0.39, 0.29) is 5.78 Å². The number of benzene rings is 3. The SMILES string of the molecule is C=Cc1ccc(COc2ccc3c(c2)OC(=Cc2cccc(Br)c2)C3=O)cc1. The number of Topliss-reactive ketones (excluding diaryl/α,β-unsaturated/α-hetero) is 1. The zero-order valence-corrected chi connectivity index (χ0v) is 16.6. The van der Waals surface area contributed by atoms with E-state index in [2.05, 4.69) is 22.5 Å². The Morgan fingerprint density at radius 2 is 1.82 bits per heavy atom. The number of allylic oxidation sites excluding steroid dienone is 1. The molecule has 0 bridgehead atoms. The highest BCUT2D eigenvalue weighted by molar-refractivity contribution is 9.10. The molecule has 0 atom stereocenters. The molecule has 3 aromatic carbocycles. The van der Waals surface area contributed by atoms with Crippen LogP contribution in [0.15, 0.2) is 83.5 Å². The van der Waals surface area contributed by atoms with Crippen LogP contribution in [0.5, 0.6) is 11.5 Å². The predicted octanol–water partition coefficient (Wildman–Crippen LogP) is 6.29. The Kier molecular flexibility index (Phi) is 5.13. The topological polar surface area (TPSA) is 35.5 Å². The molecule has 0 saturated heterocycles. The molecule has 0 aromatic heterocycles. The van der Waals surface area contributed by atoms with Crippen molar-refractivity contribution >= 4 is 33.9 Å². The number of rotatable bonds is 5. The smallest absolute Gasteiger partial charge is 0.231 e. The van der Waals surface area contributed by atoms with Gasteiger partial charge in [0, 0.05) is 10.5 Å². The van der Waals surface area contributed by atoms with Gasteiger partial charge in [-0.2, -0.15) is 0 Å². The summed E-state index contributed by atoms with van der Waals surface area (Å²) in [7, 11) is 0. The molecule has 0 N–H and O–H groups in total. The highest BCUT2D eigenvalue weighted by Gasteiger charge is 2.27. The summed E-state index contributed by atoms with van der Waals surface area (Å²) in [4.78, 5) is 12.6. The number of carbonyl (C=O) groups excluding carboxylic acids is 1. The Bertz CT molecular complexity index is 1080. The van der Waals surface area contributed by atoms with Crippen molar-refractivity contribution in [3.63, 3.8) is 0 Å². The van der Waals surface area contributed by atoms with Crippen molar-refractivity contribution in [3.8, 4) is 11.5 Å². The van der Waals surface area contributed by atoms with Gasteiger partial charge in [-0.25, -0.2) is 0 Å². The largest absolute Gasteiger partial charge is 0.489 e. The Hall–Kier alpha value is -3.11. The monoisotopic (exact) mass is 432 g/mol. The number of hydrogen-bond acceptors (Lipinski definition) is 3. The number of fused-ring (bicyclic) bond motifs is 1. The van der Waals surface area contributed by atoms with Crippen LogP contribution in [0, 0.1) is 0 Å². The molecular weight excluding hydrogens is 416 g/mol. The Morgan fingerprint density at radius 3 is 2.57 bits per heavy atom. The van der Waals surface area contributed by atoms with Crippen LogP contribution in [0.3, 0.4) is 0 Å². The van der Waals surface area contributed by atoms with E-state index in [1.165, 1.54) is 0 Å². The van der Waals surface area contributed by atoms with E-state index >= 15 is 0 Å². The second-order valence-corrected chi connectivity index (χ2v) is 7.30. The van der Waals surface area contributed by atoms with E-state index in [9.17, 15) is 4.79 Å². The summed E-state index contributed by atoms with van der Waals surface area (Å²) >= 11 is 3.43. The standard InChI is InChI=1S/C24H17BrO3/c1-2-16-6-8-17(9-7-16)15-27-20-10-11-21-22(14-20)28-23(24(21)26)13-18-4-3-5-19(25)12-18/h2-14H,1,15H2. The molecule has 0 saturated carbocycles. The highest BCUT2D eigenvalue weighted by atomic mass is 79.9. The molecule has 0 spiro atoms. The van der Waals surface area contributed by atoms with E-state index in [0.29, 0.717) is 29.4 Å². The number of carbonyl (C=O) groups is 1. The van der Waals surface area contributed by atoms with E-state index in [4.69, 9.17) is 9.47 Å². The maximum absolute atomic E-state index is 12.6. The highest BCUT2D eigenvalue weighted by Crippen LogP contribution is 2.35. The van der Waals surface area contributed by atoms with Crippen LogP contribution in [0.25, 0.3) is 12.2 Å². The van der Waals surface area contributed by atoms with Crippen molar-refractivity contribution in [3.05, 3.63) is 106 Å². The third-order valence-corrected chi connectivity index (χ3v) is 4.90. The van der Waals surface area contributed by atoms with E-state index in [0.717, 1.165) is 21.2 Å². The van der Waals surface area contributed by atoms with Gasteiger partial charge >= 0.3 is 0 Å². The lowest BCUT2D eigenvalue weighted by Gasteiger charge is -2.07. The van der Waals surface area contributed by atoms with E-state index < -0.39 is 0 Å². The molecule has 3 nitrogen and oxygen atoms in total. The summed E-state index contributed by atoms with van der Waals surface area (Å²) in [6.45, 7) is 4.19. The Balaban J connectivity index is 1.49. The number of ether oxygens (including phenoxy) is 2. The second-order valence-electron chi connectivity index (χ2n) is 6.39. The van der Waals surface area contributed by atoms with Crippen LogP contribution in [0.2, 0.25) is 0 Å². The van der Waals surface area contributed by atoms with Gasteiger partial charge in [0.15, 0.2) is 5.76 Å². The van der Waals surface area contributed by atoms with Crippen LogP contribution >= 0.6 is 15.9 Å². The van der Waals surface area contributed by atoms with Gasteiger partial charge in [0.1, 0.15) is 18.1 Å². The first kappa shape index (κ1) is 18.3. The zero-order chi connectivity index (χ0) is 19.5. The van der Waals surface area contributed by atoms with Gasteiger partial charge < -0.3 is 9.47 Å². The third kappa shape index (κ3) is 3.92. The lowest BCUT2D eigenvalue weighted by Crippen LogP contribution is -1.98. The number of halogens is 1. The summed E-state index contributed by atoms with van der Waals surface area (Å²) in [5, 5.41) is 0. The Labute approximate surface area is 172 Å². The van der Waals surface area contributed by atoms with Crippen LogP contribution in [-0.4, -0.2) is 5.78 Å². The minimum atomic E-state index is -0.124. The molecule has 3 aromatic rings. The predicted molar refractivity (Wildman–Crippen MR) is 114 cm³/mol. The summed E-state index contributed by atoms with van der Waals surface area (Å²) in [6, 6.07) is 21.0. The fourth-order valence-corrected chi connectivity index (χ4v) is 3.34. The van der Waals surface area contributed by atoms with Crippen molar-refractivity contribution in [2.24, 2.45) is 0 Å². The van der Waals surface area contributed by atoms with Gasteiger partial charge in [-0.05, 0) is 47.0 Å². The molecular formula is C24H17BrO3. The van der Waals surface area contributed by atoms with Gasteiger partial charge in [-0.3, -0.25) is 4.79 Å². The molecule has 0 aliphatic carbocycles. The first-order chi connectivity index (χ1) is 13.6. The van der Waals surface area contributed by atoms with Gasteiger partial charge in [0.25, 0.3) is 0 Å². The summed E-state index contributed by atoms with van der Waals surface area (Å²) < 4.78 is 12.6. The van der Waals surface area contributed by atoms with Crippen LogP contribution < -0.4 is 9.47 Å². The third-order valence-electron chi connectivity index (χ3n) is 4.41. The fourth-order valence-electron chi connectivity index (χ4n) is 2.92. The van der Waals surface area contributed by atoms with E-state index in [1.54, 1.807) is 30.4 Å². The molecule has 4 rings (SSSR count). The molecule has 4 heteroatoms. The summed E-state index contributed by atoms with van der Waals surface area (Å²) in [5.74, 6) is 1.36. The van der Waals surface area contributed by atoms with Gasteiger partial charge in [-0.1, -0.05) is 65.0 Å².